The zero-order valence-electron chi connectivity index (χ0n) is 11.8. The zero-order chi connectivity index (χ0) is 14.5. The van der Waals surface area contributed by atoms with E-state index in [9.17, 15) is 14.5 Å². The molecule has 0 amide bonds. The Morgan fingerprint density at radius 3 is 2.70 bits per heavy atom. The second-order valence-corrected chi connectivity index (χ2v) is 5.76. The second-order valence-electron chi connectivity index (χ2n) is 5.76. The summed E-state index contributed by atoms with van der Waals surface area (Å²) in [7, 11) is 0. The quantitative estimate of drug-likeness (QED) is 0.644. The minimum Gasteiger partial charge on any atom is -0.379 e. The minimum atomic E-state index is -0.580. The van der Waals surface area contributed by atoms with E-state index in [1.54, 1.807) is 0 Å². The van der Waals surface area contributed by atoms with Crippen LogP contribution in [0.1, 0.15) is 39.0 Å². The summed E-state index contributed by atoms with van der Waals surface area (Å²) in [5, 5.41) is 13.9. The maximum Gasteiger partial charge on any atom is 0.295 e. The van der Waals surface area contributed by atoms with Gasteiger partial charge in [0.25, 0.3) is 5.69 Å². The van der Waals surface area contributed by atoms with Gasteiger partial charge in [0.05, 0.1) is 11.0 Å². The molecule has 0 bridgehead atoms. The van der Waals surface area contributed by atoms with Crippen molar-refractivity contribution < 1.29 is 9.31 Å². The second kappa shape index (κ2) is 6.68. The lowest BCUT2D eigenvalue weighted by atomic mass is 9.81. The number of nitro groups is 1. The summed E-state index contributed by atoms with van der Waals surface area (Å²) in [6.07, 6.45) is 6.06. The third-order valence-electron chi connectivity index (χ3n) is 4.16. The summed E-state index contributed by atoms with van der Waals surface area (Å²) in [5.41, 5.74) is 0.211. The van der Waals surface area contributed by atoms with Crippen molar-refractivity contribution in [3.8, 4) is 0 Å². The third kappa shape index (κ3) is 3.92. The van der Waals surface area contributed by atoms with Crippen LogP contribution in [0, 0.1) is 27.8 Å². The largest absolute Gasteiger partial charge is 0.379 e. The van der Waals surface area contributed by atoms with Crippen molar-refractivity contribution in [3.05, 3.63) is 34.1 Å². The number of halogens is 1. The molecule has 1 aromatic carbocycles. The summed E-state index contributed by atoms with van der Waals surface area (Å²) in [6.45, 7) is 2.99. The van der Waals surface area contributed by atoms with Crippen molar-refractivity contribution in [1.29, 1.82) is 0 Å². The number of nitrogens with one attached hydrogen (secondary N) is 1. The van der Waals surface area contributed by atoms with Gasteiger partial charge in [-0.25, -0.2) is 4.39 Å². The molecule has 0 unspecified atom stereocenters. The summed E-state index contributed by atoms with van der Waals surface area (Å²) >= 11 is 0. The smallest absolute Gasteiger partial charge is 0.295 e. The molecule has 0 spiro atoms. The highest BCUT2D eigenvalue weighted by molar-refractivity contribution is 5.61. The summed E-state index contributed by atoms with van der Waals surface area (Å²) in [5.74, 6) is 0.958. The van der Waals surface area contributed by atoms with Gasteiger partial charge in [-0.3, -0.25) is 10.1 Å². The maximum atomic E-state index is 13.0. The normalized spacial score (nSPS) is 22.5. The molecule has 110 valence electrons. The fraction of sp³-hybridized carbons (Fsp3) is 0.600. The van der Waals surface area contributed by atoms with E-state index in [0.29, 0.717) is 18.2 Å². The fourth-order valence-electron chi connectivity index (χ4n) is 2.83. The molecular formula is C15H21FN2O2. The molecule has 1 aliphatic carbocycles. The van der Waals surface area contributed by atoms with E-state index in [-0.39, 0.29) is 5.69 Å². The van der Waals surface area contributed by atoms with Gasteiger partial charge in [-0.15, -0.1) is 0 Å². The lowest BCUT2D eigenvalue weighted by molar-refractivity contribution is -0.384. The van der Waals surface area contributed by atoms with E-state index in [1.807, 2.05) is 0 Å². The first-order valence-corrected chi connectivity index (χ1v) is 7.24. The Morgan fingerprint density at radius 2 is 2.05 bits per heavy atom. The molecule has 0 aliphatic heterocycles. The van der Waals surface area contributed by atoms with Gasteiger partial charge < -0.3 is 5.32 Å². The van der Waals surface area contributed by atoms with Crippen LogP contribution in [0.2, 0.25) is 0 Å². The van der Waals surface area contributed by atoms with Crippen LogP contribution < -0.4 is 5.32 Å². The average molecular weight is 280 g/mol. The molecule has 4 nitrogen and oxygen atoms in total. The average Bonchev–Trinajstić information content (AvgIpc) is 2.42. The van der Waals surface area contributed by atoms with Crippen molar-refractivity contribution in [2.75, 3.05) is 11.9 Å². The van der Waals surface area contributed by atoms with Crippen LogP contribution in [0.5, 0.6) is 0 Å². The summed E-state index contributed by atoms with van der Waals surface area (Å²) in [4.78, 5) is 10.3. The van der Waals surface area contributed by atoms with Gasteiger partial charge >= 0.3 is 0 Å². The van der Waals surface area contributed by atoms with E-state index in [4.69, 9.17) is 0 Å². The number of nitrogens with zero attached hydrogens (tertiary/aromatic N) is 1. The molecule has 1 fully saturated rings. The number of benzene rings is 1. The number of hydrogen-bond acceptors (Lipinski definition) is 3. The van der Waals surface area contributed by atoms with Crippen LogP contribution >= 0.6 is 0 Å². The molecule has 20 heavy (non-hydrogen) atoms. The Hall–Kier alpha value is -1.65. The standard InChI is InChI=1S/C15H21FN2O2/c1-11-2-4-12(5-3-11)8-9-17-14-7-6-13(16)10-15(14)18(19)20/h6-7,10-12,17H,2-5,8-9H2,1H3. The Balaban J connectivity index is 1.86. The molecule has 1 aromatic rings. The topological polar surface area (TPSA) is 55.2 Å². The Labute approximate surface area is 118 Å². The van der Waals surface area contributed by atoms with Crippen LogP contribution in [0.15, 0.2) is 18.2 Å². The minimum absolute atomic E-state index is 0.192. The number of rotatable bonds is 5. The highest BCUT2D eigenvalue weighted by Crippen LogP contribution is 2.31. The monoisotopic (exact) mass is 280 g/mol. The Morgan fingerprint density at radius 1 is 1.35 bits per heavy atom. The highest BCUT2D eigenvalue weighted by atomic mass is 19.1. The first kappa shape index (κ1) is 14.8. The van der Waals surface area contributed by atoms with E-state index < -0.39 is 10.7 Å². The Bertz CT molecular complexity index is 471. The van der Waals surface area contributed by atoms with Crippen molar-refractivity contribution >= 4 is 11.4 Å². The molecule has 0 saturated heterocycles. The molecule has 0 radical (unpaired) electrons. The van der Waals surface area contributed by atoms with Crippen LogP contribution in [0.3, 0.4) is 0 Å². The van der Waals surface area contributed by atoms with Crippen LogP contribution in [0.25, 0.3) is 0 Å². The van der Waals surface area contributed by atoms with E-state index in [1.165, 1.54) is 37.8 Å². The van der Waals surface area contributed by atoms with E-state index in [0.717, 1.165) is 18.4 Å². The summed E-state index contributed by atoms with van der Waals surface area (Å²) in [6, 6.07) is 3.65. The number of hydrogen-bond donors (Lipinski definition) is 1. The third-order valence-corrected chi connectivity index (χ3v) is 4.16. The van der Waals surface area contributed by atoms with Crippen molar-refractivity contribution in [1.82, 2.24) is 0 Å². The Kier molecular flexibility index (Phi) is 4.93. The van der Waals surface area contributed by atoms with E-state index in [2.05, 4.69) is 12.2 Å². The van der Waals surface area contributed by atoms with Crippen molar-refractivity contribution in [2.24, 2.45) is 11.8 Å². The maximum absolute atomic E-state index is 13.0. The van der Waals surface area contributed by atoms with Crippen LogP contribution in [-0.4, -0.2) is 11.5 Å². The highest BCUT2D eigenvalue weighted by Gasteiger charge is 2.19. The van der Waals surface area contributed by atoms with Crippen molar-refractivity contribution in [3.63, 3.8) is 0 Å². The predicted molar refractivity (Wildman–Crippen MR) is 77.3 cm³/mol. The van der Waals surface area contributed by atoms with E-state index >= 15 is 0 Å². The lowest BCUT2D eigenvalue weighted by Crippen LogP contribution is -2.16. The number of nitro benzene ring substituents is 1. The molecule has 2 rings (SSSR count). The van der Waals surface area contributed by atoms with Crippen LogP contribution in [-0.2, 0) is 0 Å². The van der Waals surface area contributed by atoms with Crippen LogP contribution in [0.4, 0.5) is 15.8 Å². The van der Waals surface area contributed by atoms with Gasteiger partial charge in [0.1, 0.15) is 11.5 Å². The molecular weight excluding hydrogens is 259 g/mol. The molecule has 1 aliphatic rings. The number of anilines is 1. The van der Waals surface area contributed by atoms with Gasteiger partial charge in [0.15, 0.2) is 0 Å². The predicted octanol–water partition coefficient (Wildman–Crippen LogP) is 4.36. The molecule has 1 saturated carbocycles. The van der Waals surface area contributed by atoms with Gasteiger partial charge in [0, 0.05) is 6.54 Å². The molecule has 0 aromatic heterocycles. The molecule has 1 N–H and O–H groups in total. The van der Waals surface area contributed by atoms with Gasteiger partial charge in [0.2, 0.25) is 0 Å². The zero-order valence-corrected chi connectivity index (χ0v) is 11.8. The van der Waals surface area contributed by atoms with Gasteiger partial charge in [-0.1, -0.05) is 32.6 Å². The van der Waals surface area contributed by atoms with Gasteiger partial charge in [-0.2, -0.15) is 0 Å². The van der Waals surface area contributed by atoms with Crippen molar-refractivity contribution in [2.45, 2.75) is 39.0 Å². The van der Waals surface area contributed by atoms with Gasteiger partial charge in [-0.05, 0) is 30.4 Å². The summed E-state index contributed by atoms with van der Waals surface area (Å²) < 4.78 is 13.0. The molecule has 0 atom stereocenters. The first-order valence-electron chi connectivity index (χ1n) is 7.24. The fourth-order valence-corrected chi connectivity index (χ4v) is 2.83. The first-order chi connectivity index (χ1) is 9.56. The molecule has 0 heterocycles. The SMILES string of the molecule is CC1CCC(CCNc2ccc(F)cc2[N+](=O)[O-])CC1. The lowest BCUT2D eigenvalue weighted by Gasteiger charge is -2.26. The molecule has 5 heteroatoms.